The summed E-state index contributed by atoms with van der Waals surface area (Å²) in [5.41, 5.74) is 6.64. The van der Waals surface area contributed by atoms with Gasteiger partial charge < -0.3 is 21.3 Å². The van der Waals surface area contributed by atoms with Gasteiger partial charge in [0.25, 0.3) is 5.91 Å². The third-order valence-corrected chi connectivity index (χ3v) is 6.55. The van der Waals surface area contributed by atoms with Gasteiger partial charge in [0, 0.05) is 36.0 Å². The summed E-state index contributed by atoms with van der Waals surface area (Å²) >= 11 is 7.08. The Labute approximate surface area is 191 Å². The molecule has 4 rings (SSSR count). The minimum Gasteiger partial charge on any atom is -0.351 e. The van der Waals surface area contributed by atoms with Crippen molar-refractivity contribution in [2.45, 2.75) is 11.9 Å². The quantitative estimate of drug-likeness (QED) is 0.535. The Hall–Kier alpha value is -3.24. The average Bonchev–Trinajstić information content (AvgIpc) is 3.40. The zero-order chi connectivity index (χ0) is 22.8. The number of carbonyl (C=O) groups excluding carboxylic acids is 3. The number of thioether (sulfide) groups is 1. The molecule has 1 atom stereocenters. The highest BCUT2D eigenvalue weighted by molar-refractivity contribution is 8.00. The molecule has 2 heterocycles. The van der Waals surface area contributed by atoms with Crippen molar-refractivity contribution in [2.75, 3.05) is 17.6 Å². The van der Waals surface area contributed by atoms with E-state index in [9.17, 15) is 18.8 Å². The van der Waals surface area contributed by atoms with Crippen LogP contribution in [0.25, 0.3) is 10.9 Å². The molecule has 1 aliphatic heterocycles. The summed E-state index contributed by atoms with van der Waals surface area (Å²) in [6, 6.07) is 10.4. The maximum absolute atomic E-state index is 14.1. The van der Waals surface area contributed by atoms with E-state index in [0.717, 1.165) is 0 Å². The number of fused-ring (bicyclic) bond motifs is 1. The third-order valence-electron chi connectivity index (χ3n) is 5.05. The molecule has 1 aromatic heterocycles. The fourth-order valence-electron chi connectivity index (χ4n) is 3.50. The van der Waals surface area contributed by atoms with Crippen molar-refractivity contribution in [3.63, 3.8) is 0 Å². The van der Waals surface area contributed by atoms with Crippen LogP contribution in [-0.2, 0) is 11.3 Å². The van der Waals surface area contributed by atoms with Crippen LogP contribution in [-0.4, -0.2) is 45.1 Å². The van der Waals surface area contributed by atoms with Crippen LogP contribution in [0.1, 0.15) is 5.56 Å². The maximum atomic E-state index is 14.1. The molecule has 2 aromatic carbocycles. The third kappa shape index (κ3) is 4.23. The predicted molar refractivity (Wildman–Crippen MR) is 122 cm³/mol. The number of halogens is 2. The number of para-hydroxylation sites is 1. The highest BCUT2D eigenvalue weighted by Crippen LogP contribution is 2.29. The highest BCUT2D eigenvalue weighted by Gasteiger charge is 2.35. The molecule has 1 aliphatic rings. The number of urea groups is 1. The van der Waals surface area contributed by atoms with E-state index in [0.29, 0.717) is 28.9 Å². The molecule has 4 amide bonds. The molecule has 11 heteroatoms. The summed E-state index contributed by atoms with van der Waals surface area (Å²) in [5, 5.41) is 5.27. The lowest BCUT2D eigenvalue weighted by atomic mass is 10.2. The summed E-state index contributed by atoms with van der Waals surface area (Å²) in [7, 11) is 0. The number of hydrogen-bond acceptors (Lipinski definition) is 4. The highest BCUT2D eigenvalue weighted by atomic mass is 35.5. The Kier molecular flexibility index (Phi) is 6.24. The second-order valence-corrected chi connectivity index (χ2v) is 8.64. The fourth-order valence-corrected chi connectivity index (χ4v) is 4.83. The van der Waals surface area contributed by atoms with Crippen molar-refractivity contribution < 1.29 is 18.8 Å². The number of nitrogens with two attached hydrogens (primary N) is 1. The Balaban J connectivity index is 1.47. The van der Waals surface area contributed by atoms with Crippen molar-refractivity contribution in [1.82, 2.24) is 14.8 Å². The molecular formula is C21H19ClFN5O3S. The number of amides is 4. The second kappa shape index (κ2) is 9.09. The summed E-state index contributed by atoms with van der Waals surface area (Å²) in [6.07, 6.45) is 1.45. The molecule has 0 aliphatic carbocycles. The molecule has 4 N–H and O–H groups in total. The summed E-state index contributed by atoms with van der Waals surface area (Å²) in [6.45, 7) is 0.304. The zero-order valence-electron chi connectivity index (χ0n) is 16.7. The van der Waals surface area contributed by atoms with Crippen LogP contribution in [0.5, 0.6) is 0 Å². The van der Waals surface area contributed by atoms with Crippen LogP contribution in [0, 0.1) is 5.82 Å². The first-order chi connectivity index (χ1) is 15.4. The van der Waals surface area contributed by atoms with Crippen LogP contribution >= 0.6 is 23.4 Å². The van der Waals surface area contributed by atoms with E-state index in [1.165, 1.54) is 39.6 Å². The number of primary amides is 1. The SMILES string of the molecule is NC(=O)n1cc(NC(=O)N2CCS[C@H]2C(=O)NCc2cccc(Cl)c2F)c2ccccc21. The number of nitrogens with zero attached hydrogens (tertiary/aromatic N) is 2. The van der Waals surface area contributed by atoms with Gasteiger partial charge in [-0.05, 0) is 12.1 Å². The predicted octanol–water partition coefficient (Wildman–Crippen LogP) is 3.58. The maximum Gasteiger partial charge on any atom is 0.323 e. The topological polar surface area (TPSA) is 109 Å². The standard InChI is InChI=1S/C21H19ClFN5O3S/c22-14-6-3-4-12(17(14)23)10-25-18(29)19-27(8-9-32-19)21(31)26-15-11-28(20(24)30)16-7-2-1-5-13(15)16/h1-7,11,19H,8-10H2,(H2,24,30)(H,25,29)(H,26,31)/t19-/m0/s1. The van der Waals surface area contributed by atoms with Gasteiger partial charge in [0.15, 0.2) is 5.37 Å². The number of hydrogen-bond donors (Lipinski definition) is 3. The molecule has 8 nitrogen and oxygen atoms in total. The lowest BCUT2D eigenvalue weighted by Crippen LogP contribution is -2.46. The number of rotatable bonds is 4. The van der Waals surface area contributed by atoms with Gasteiger partial charge in [-0.2, -0.15) is 0 Å². The van der Waals surface area contributed by atoms with Gasteiger partial charge in [0.05, 0.1) is 16.2 Å². The van der Waals surface area contributed by atoms with Crippen molar-refractivity contribution in [1.29, 1.82) is 0 Å². The molecule has 0 saturated carbocycles. The average molecular weight is 476 g/mol. The zero-order valence-corrected chi connectivity index (χ0v) is 18.3. The van der Waals surface area contributed by atoms with Crippen LogP contribution < -0.4 is 16.4 Å². The van der Waals surface area contributed by atoms with Crippen LogP contribution in [0.2, 0.25) is 5.02 Å². The number of anilines is 1. The monoisotopic (exact) mass is 475 g/mol. The Morgan fingerprint density at radius 1 is 1.19 bits per heavy atom. The first kappa shape index (κ1) is 22.0. The largest absolute Gasteiger partial charge is 0.351 e. The van der Waals surface area contributed by atoms with Gasteiger partial charge >= 0.3 is 12.1 Å². The lowest BCUT2D eigenvalue weighted by molar-refractivity contribution is -0.122. The van der Waals surface area contributed by atoms with E-state index in [-0.39, 0.29) is 17.1 Å². The number of aromatic nitrogens is 1. The Morgan fingerprint density at radius 2 is 1.97 bits per heavy atom. The van der Waals surface area contributed by atoms with Gasteiger partial charge in [-0.1, -0.05) is 41.9 Å². The van der Waals surface area contributed by atoms with E-state index < -0.39 is 29.2 Å². The summed E-state index contributed by atoms with van der Waals surface area (Å²) in [5.74, 6) is -0.435. The Morgan fingerprint density at radius 3 is 2.75 bits per heavy atom. The van der Waals surface area contributed by atoms with Crippen molar-refractivity contribution >= 4 is 57.9 Å². The van der Waals surface area contributed by atoms with E-state index in [4.69, 9.17) is 17.3 Å². The van der Waals surface area contributed by atoms with Gasteiger partial charge in [0.1, 0.15) is 5.82 Å². The molecule has 0 bridgehead atoms. The van der Waals surface area contributed by atoms with Crippen molar-refractivity contribution in [3.05, 3.63) is 65.1 Å². The van der Waals surface area contributed by atoms with E-state index in [1.54, 1.807) is 30.3 Å². The number of nitrogens with one attached hydrogen (secondary N) is 2. The molecule has 0 unspecified atom stereocenters. The van der Waals surface area contributed by atoms with Gasteiger partial charge in [-0.25, -0.2) is 14.0 Å². The molecule has 1 fully saturated rings. The van der Waals surface area contributed by atoms with Crippen LogP contribution in [0.15, 0.2) is 48.7 Å². The molecule has 0 spiro atoms. The minimum absolute atomic E-state index is 0.0249. The number of benzene rings is 2. The summed E-state index contributed by atoms with van der Waals surface area (Å²) in [4.78, 5) is 38.8. The van der Waals surface area contributed by atoms with Gasteiger partial charge in [-0.15, -0.1) is 11.8 Å². The molecular weight excluding hydrogens is 457 g/mol. The summed E-state index contributed by atoms with van der Waals surface area (Å²) < 4.78 is 15.3. The first-order valence-corrected chi connectivity index (χ1v) is 11.1. The lowest BCUT2D eigenvalue weighted by Gasteiger charge is -2.23. The van der Waals surface area contributed by atoms with Gasteiger partial charge in [-0.3, -0.25) is 9.36 Å². The van der Waals surface area contributed by atoms with Gasteiger partial charge in [0.2, 0.25) is 0 Å². The van der Waals surface area contributed by atoms with E-state index in [1.807, 2.05) is 0 Å². The number of carbonyl (C=O) groups is 3. The van der Waals surface area contributed by atoms with Crippen LogP contribution in [0.3, 0.4) is 0 Å². The smallest absolute Gasteiger partial charge is 0.323 e. The molecule has 32 heavy (non-hydrogen) atoms. The Bertz CT molecular complexity index is 1220. The fraction of sp³-hybridized carbons (Fsp3) is 0.190. The molecule has 3 aromatic rings. The first-order valence-electron chi connectivity index (χ1n) is 9.66. The normalized spacial score (nSPS) is 15.7. The molecule has 166 valence electrons. The minimum atomic E-state index is -0.776. The van der Waals surface area contributed by atoms with E-state index >= 15 is 0 Å². The van der Waals surface area contributed by atoms with Crippen LogP contribution in [0.4, 0.5) is 19.7 Å². The molecule has 0 radical (unpaired) electrons. The van der Waals surface area contributed by atoms with Crippen molar-refractivity contribution in [3.8, 4) is 0 Å². The van der Waals surface area contributed by atoms with Crippen molar-refractivity contribution in [2.24, 2.45) is 5.73 Å². The second-order valence-electron chi connectivity index (χ2n) is 7.05. The molecule has 1 saturated heterocycles. The van der Waals surface area contributed by atoms with E-state index in [2.05, 4.69) is 10.6 Å².